The van der Waals surface area contributed by atoms with Gasteiger partial charge >= 0.3 is 0 Å². The number of Topliss-reactive ketones (excluding diaryl/α,β-unsaturated/α-hetero) is 3. The number of hydrogen-bond acceptors (Lipinski definition) is 5. The first-order chi connectivity index (χ1) is 17.4. The smallest absolute Gasteiger partial charge is 0.163 e. The highest BCUT2D eigenvalue weighted by Gasteiger charge is 2.49. The van der Waals surface area contributed by atoms with Crippen LogP contribution in [0, 0.1) is 16.7 Å². The third-order valence-electron chi connectivity index (χ3n) is 7.51. The number of halogens is 1. The van der Waals surface area contributed by atoms with Gasteiger partial charge in [0.25, 0.3) is 0 Å². The van der Waals surface area contributed by atoms with Crippen molar-refractivity contribution in [3.05, 3.63) is 70.7 Å². The van der Waals surface area contributed by atoms with E-state index in [9.17, 15) is 19.5 Å². The van der Waals surface area contributed by atoms with E-state index in [4.69, 9.17) is 16.6 Å². The van der Waals surface area contributed by atoms with Gasteiger partial charge in [0.05, 0.1) is 23.0 Å². The van der Waals surface area contributed by atoms with E-state index in [0.717, 1.165) is 5.56 Å². The maximum absolute atomic E-state index is 13.6. The predicted molar refractivity (Wildman–Crippen MR) is 143 cm³/mol. The number of aromatic nitrogens is 2. The van der Waals surface area contributed by atoms with Crippen molar-refractivity contribution in [3.63, 3.8) is 0 Å². The molecule has 37 heavy (non-hydrogen) atoms. The number of allylic oxidation sites excluding steroid dienone is 2. The van der Waals surface area contributed by atoms with E-state index in [0.29, 0.717) is 28.5 Å². The normalized spacial score (nSPS) is 21.1. The van der Waals surface area contributed by atoms with Gasteiger partial charge in [-0.15, -0.1) is 0 Å². The first-order valence-electron chi connectivity index (χ1n) is 12.6. The van der Waals surface area contributed by atoms with E-state index >= 15 is 0 Å². The summed E-state index contributed by atoms with van der Waals surface area (Å²) in [5, 5.41) is 11.8. The summed E-state index contributed by atoms with van der Waals surface area (Å²) in [5.41, 5.74) is 1.22. The third-order valence-corrected chi connectivity index (χ3v) is 7.77. The molecule has 0 saturated heterocycles. The summed E-state index contributed by atoms with van der Waals surface area (Å²) in [6, 6.07) is 12.9. The molecule has 0 aliphatic heterocycles. The molecule has 5 rings (SSSR count). The number of carbonyl (C=O) groups excluding carboxylic acids is 3. The van der Waals surface area contributed by atoms with E-state index in [1.807, 2.05) is 68.6 Å². The highest BCUT2D eigenvalue weighted by atomic mass is 35.5. The van der Waals surface area contributed by atoms with Crippen LogP contribution >= 0.6 is 11.6 Å². The molecule has 0 unspecified atom stereocenters. The Kier molecular flexibility index (Phi) is 6.14. The maximum atomic E-state index is 13.6. The number of ketones is 3. The zero-order chi connectivity index (χ0) is 26.7. The van der Waals surface area contributed by atoms with Gasteiger partial charge in [-0.1, -0.05) is 45.4 Å². The van der Waals surface area contributed by atoms with Crippen LogP contribution in [0.4, 0.5) is 0 Å². The molecule has 0 bridgehead atoms. The van der Waals surface area contributed by atoms with Gasteiger partial charge in [0, 0.05) is 48.0 Å². The van der Waals surface area contributed by atoms with Crippen molar-refractivity contribution in [2.24, 2.45) is 16.7 Å². The molecule has 2 heterocycles. The Balaban J connectivity index is 1.77. The minimum Gasteiger partial charge on any atom is -0.512 e. The fraction of sp³-hybridized carbons (Fsp3) is 0.400. The largest absolute Gasteiger partial charge is 0.512 e. The molecule has 1 aromatic carbocycles. The molecular formula is C30H31ClN2O4. The quantitative estimate of drug-likeness (QED) is 0.397. The lowest BCUT2D eigenvalue weighted by atomic mass is 9.63. The van der Waals surface area contributed by atoms with Crippen LogP contribution < -0.4 is 0 Å². The fourth-order valence-corrected chi connectivity index (χ4v) is 6.11. The minimum absolute atomic E-state index is 0.0539. The van der Waals surface area contributed by atoms with E-state index in [1.54, 1.807) is 12.1 Å². The van der Waals surface area contributed by atoms with Crippen LogP contribution in [0.2, 0.25) is 5.02 Å². The lowest BCUT2D eigenvalue weighted by Gasteiger charge is -2.38. The van der Waals surface area contributed by atoms with Crippen LogP contribution in [0.3, 0.4) is 0 Å². The topological polar surface area (TPSA) is 88.7 Å². The SMILES string of the molecule is CC1(C)CC(=O)C([C@@H](C2=C(O)CC(C)(C)CC2=O)c2nc(-c3ccc(Cl)cc3)n3ccccc23)C(=O)C1. The van der Waals surface area contributed by atoms with Crippen molar-refractivity contribution in [1.82, 2.24) is 9.38 Å². The maximum Gasteiger partial charge on any atom is 0.163 e. The number of hydrogen-bond donors (Lipinski definition) is 1. The van der Waals surface area contributed by atoms with Gasteiger partial charge in [0.1, 0.15) is 23.2 Å². The summed E-state index contributed by atoms with van der Waals surface area (Å²) < 4.78 is 1.89. The van der Waals surface area contributed by atoms with E-state index in [-0.39, 0.29) is 47.9 Å². The lowest BCUT2D eigenvalue weighted by Crippen LogP contribution is -2.43. The first-order valence-corrected chi connectivity index (χ1v) is 13.0. The van der Waals surface area contributed by atoms with Crippen LogP contribution in [-0.2, 0) is 14.4 Å². The zero-order valence-corrected chi connectivity index (χ0v) is 22.3. The second-order valence-electron chi connectivity index (χ2n) is 12.0. The zero-order valence-electron chi connectivity index (χ0n) is 21.5. The first kappa shape index (κ1) is 25.4. The van der Waals surface area contributed by atoms with Crippen LogP contribution in [0.1, 0.15) is 65.0 Å². The van der Waals surface area contributed by atoms with Crippen molar-refractivity contribution < 1.29 is 19.5 Å². The standard InChI is InChI=1S/C30H31ClN2O4/c1-29(2)13-20(34)24(21(35)14-29)26(25-22(36)15-30(3,4)16-23(25)37)27-19-7-5-6-12-33(19)28(32-27)17-8-10-18(31)11-9-17/h5-12,24,26,36H,13-16H2,1-4H3/t26-/m0/s1. The van der Waals surface area contributed by atoms with Crippen LogP contribution in [0.15, 0.2) is 60.0 Å². The molecule has 7 heteroatoms. The number of aliphatic hydroxyl groups excluding tert-OH is 1. The van der Waals surface area contributed by atoms with Crippen LogP contribution in [-0.4, -0.2) is 31.8 Å². The van der Waals surface area contributed by atoms with Gasteiger partial charge in [0.15, 0.2) is 5.78 Å². The van der Waals surface area contributed by atoms with E-state index in [1.165, 1.54) is 0 Å². The van der Waals surface area contributed by atoms with Crippen LogP contribution in [0.25, 0.3) is 16.9 Å². The molecule has 2 aromatic heterocycles. The summed E-state index contributed by atoms with van der Waals surface area (Å²) in [7, 11) is 0. The van der Waals surface area contributed by atoms with Gasteiger partial charge < -0.3 is 5.11 Å². The molecule has 0 radical (unpaired) electrons. The lowest BCUT2D eigenvalue weighted by molar-refractivity contribution is -0.140. The minimum atomic E-state index is -1.08. The van der Waals surface area contributed by atoms with Gasteiger partial charge in [0.2, 0.25) is 0 Å². The molecule has 0 spiro atoms. The van der Waals surface area contributed by atoms with Gasteiger partial charge in [-0.3, -0.25) is 18.8 Å². The Morgan fingerprint density at radius 3 is 2.16 bits per heavy atom. The number of rotatable bonds is 4. The van der Waals surface area contributed by atoms with E-state index < -0.39 is 22.7 Å². The van der Waals surface area contributed by atoms with Gasteiger partial charge in [-0.25, -0.2) is 4.98 Å². The predicted octanol–water partition coefficient (Wildman–Crippen LogP) is 6.51. The summed E-state index contributed by atoms with van der Waals surface area (Å²) in [6.07, 6.45) is 2.83. The van der Waals surface area contributed by atoms with Crippen molar-refractivity contribution in [2.45, 2.75) is 59.3 Å². The number of fused-ring (bicyclic) bond motifs is 1. The van der Waals surface area contributed by atoms with Gasteiger partial charge in [-0.05, 0) is 47.2 Å². The number of pyridine rings is 1. The van der Waals surface area contributed by atoms with Crippen molar-refractivity contribution in [2.75, 3.05) is 0 Å². The molecule has 0 amide bonds. The van der Waals surface area contributed by atoms with Gasteiger partial charge in [-0.2, -0.15) is 0 Å². The highest BCUT2D eigenvalue weighted by molar-refractivity contribution is 6.30. The monoisotopic (exact) mass is 518 g/mol. The Bertz CT molecular complexity index is 1440. The van der Waals surface area contributed by atoms with Crippen LogP contribution in [0.5, 0.6) is 0 Å². The number of nitrogens with zero attached hydrogens (tertiary/aromatic N) is 2. The third kappa shape index (κ3) is 4.63. The Labute approximate surface area is 221 Å². The molecule has 6 nitrogen and oxygen atoms in total. The number of aliphatic hydroxyl groups is 1. The molecule has 1 saturated carbocycles. The summed E-state index contributed by atoms with van der Waals surface area (Å²) in [4.78, 5) is 45.7. The molecule has 1 N–H and O–H groups in total. The number of benzene rings is 1. The second-order valence-corrected chi connectivity index (χ2v) is 12.4. The summed E-state index contributed by atoms with van der Waals surface area (Å²) >= 11 is 6.11. The Morgan fingerprint density at radius 1 is 0.919 bits per heavy atom. The van der Waals surface area contributed by atoms with E-state index in [2.05, 4.69) is 0 Å². The van der Waals surface area contributed by atoms with Crippen molar-refractivity contribution in [1.29, 1.82) is 0 Å². The molecular weight excluding hydrogens is 488 g/mol. The average molecular weight is 519 g/mol. The molecule has 2 aliphatic carbocycles. The molecule has 3 aromatic rings. The summed E-state index contributed by atoms with van der Waals surface area (Å²) in [5.74, 6) is -2.16. The Morgan fingerprint density at radius 2 is 1.54 bits per heavy atom. The summed E-state index contributed by atoms with van der Waals surface area (Å²) in [6.45, 7) is 7.67. The molecule has 192 valence electrons. The highest BCUT2D eigenvalue weighted by Crippen LogP contribution is 2.48. The van der Waals surface area contributed by atoms with Crippen molar-refractivity contribution >= 4 is 34.5 Å². The fourth-order valence-electron chi connectivity index (χ4n) is 5.99. The second kappa shape index (κ2) is 8.95. The molecule has 1 fully saturated rings. The molecule has 2 aliphatic rings. The number of carbonyl (C=O) groups is 3. The molecule has 1 atom stereocenters. The Hall–Kier alpha value is -3.25. The number of imidazole rings is 1. The average Bonchev–Trinajstić information content (AvgIpc) is 3.15. The van der Waals surface area contributed by atoms with Crippen molar-refractivity contribution in [3.8, 4) is 11.4 Å².